The smallest absolute Gasteiger partial charge is 0.327 e. The maximum absolute atomic E-state index is 12.6. The molecule has 0 spiro atoms. The van der Waals surface area contributed by atoms with Crippen molar-refractivity contribution in [3.8, 4) is 0 Å². The van der Waals surface area contributed by atoms with E-state index >= 15 is 0 Å². The van der Waals surface area contributed by atoms with E-state index in [1.165, 1.54) is 4.57 Å². The lowest BCUT2D eigenvalue weighted by Crippen LogP contribution is -2.46. The van der Waals surface area contributed by atoms with Gasteiger partial charge in [-0.25, -0.2) is 9.59 Å². The SMILES string of the molecule is O=C1Nc2c(c(=O)[nH]c(=O)n2Cc2ccccc2)C(c2cccc(Cl)c2)N1. The number of fused-ring (bicyclic) bond motifs is 1. The first-order valence-electron chi connectivity index (χ1n) is 8.27. The van der Waals surface area contributed by atoms with E-state index in [1.807, 2.05) is 30.3 Å². The van der Waals surface area contributed by atoms with Crippen LogP contribution in [0, 0.1) is 0 Å². The molecule has 7 nitrogen and oxygen atoms in total. The molecule has 0 radical (unpaired) electrons. The van der Waals surface area contributed by atoms with Crippen LogP contribution in [0.25, 0.3) is 0 Å². The third-order valence-corrected chi connectivity index (χ3v) is 4.63. The molecule has 1 aromatic heterocycles. The van der Waals surface area contributed by atoms with Crippen molar-refractivity contribution in [3.63, 3.8) is 0 Å². The zero-order valence-corrected chi connectivity index (χ0v) is 14.8. The van der Waals surface area contributed by atoms with E-state index in [4.69, 9.17) is 11.6 Å². The average molecular weight is 383 g/mol. The number of rotatable bonds is 3. The van der Waals surface area contributed by atoms with Crippen molar-refractivity contribution >= 4 is 23.4 Å². The Hall–Kier alpha value is -3.32. The van der Waals surface area contributed by atoms with Gasteiger partial charge in [0.05, 0.1) is 18.2 Å². The van der Waals surface area contributed by atoms with Gasteiger partial charge < -0.3 is 5.32 Å². The van der Waals surface area contributed by atoms with Gasteiger partial charge >= 0.3 is 11.7 Å². The number of amides is 2. The molecule has 3 aromatic rings. The van der Waals surface area contributed by atoms with Gasteiger partial charge in [-0.1, -0.05) is 54.1 Å². The monoisotopic (exact) mass is 382 g/mol. The van der Waals surface area contributed by atoms with Gasteiger partial charge in [0.15, 0.2) is 0 Å². The van der Waals surface area contributed by atoms with Crippen LogP contribution in [0.4, 0.5) is 10.6 Å². The second-order valence-corrected chi connectivity index (χ2v) is 6.62. The molecule has 27 heavy (non-hydrogen) atoms. The van der Waals surface area contributed by atoms with Gasteiger partial charge in [0.2, 0.25) is 0 Å². The summed E-state index contributed by atoms with van der Waals surface area (Å²) in [7, 11) is 0. The summed E-state index contributed by atoms with van der Waals surface area (Å²) in [5, 5.41) is 5.81. The number of carbonyl (C=O) groups excluding carboxylic acids is 1. The van der Waals surface area contributed by atoms with Crippen molar-refractivity contribution in [2.75, 3.05) is 5.32 Å². The molecule has 136 valence electrons. The summed E-state index contributed by atoms with van der Waals surface area (Å²) in [6.07, 6.45) is 0. The number of benzene rings is 2. The number of H-pyrrole nitrogens is 1. The summed E-state index contributed by atoms with van der Waals surface area (Å²) >= 11 is 6.06. The zero-order valence-electron chi connectivity index (χ0n) is 14.0. The Labute approximate surface area is 158 Å². The van der Waals surface area contributed by atoms with Crippen molar-refractivity contribution in [2.24, 2.45) is 0 Å². The second kappa shape index (κ2) is 6.77. The van der Waals surface area contributed by atoms with E-state index in [-0.39, 0.29) is 17.9 Å². The predicted molar refractivity (Wildman–Crippen MR) is 102 cm³/mol. The molecular weight excluding hydrogens is 368 g/mol. The number of carbonyl (C=O) groups is 1. The summed E-state index contributed by atoms with van der Waals surface area (Å²) < 4.78 is 1.35. The van der Waals surface area contributed by atoms with Crippen LogP contribution in [-0.4, -0.2) is 15.6 Å². The number of nitrogens with zero attached hydrogens (tertiary/aromatic N) is 1. The maximum atomic E-state index is 12.6. The number of urea groups is 1. The van der Waals surface area contributed by atoms with Crippen LogP contribution in [0.1, 0.15) is 22.7 Å². The van der Waals surface area contributed by atoms with E-state index in [1.54, 1.807) is 24.3 Å². The molecule has 1 atom stereocenters. The van der Waals surface area contributed by atoms with Crippen molar-refractivity contribution in [1.82, 2.24) is 14.9 Å². The number of hydrogen-bond acceptors (Lipinski definition) is 3. The molecule has 0 saturated heterocycles. The van der Waals surface area contributed by atoms with Crippen LogP contribution in [0.3, 0.4) is 0 Å². The molecule has 2 amide bonds. The van der Waals surface area contributed by atoms with Crippen LogP contribution in [-0.2, 0) is 6.54 Å². The molecule has 8 heteroatoms. The summed E-state index contributed by atoms with van der Waals surface area (Å²) in [6.45, 7) is 0.210. The van der Waals surface area contributed by atoms with Crippen LogP contribution < -0.4 is 21.9 Å². The van der Waals surface area contributed by atoms with Crippen molar-refractivity contribution in [3.05, 3.63) is 97.1 Å². The number of halogens is 1. The predicted octanol–water partition coefficient (Wildman–Crippen LogP) is 2.46. The lowest BCUT2D eigenvalue weighted by molar-refractivity contribution is 0.248. The zero-order chi connectivity index (χ0) is 19.0. The minimum absolute atomic E-state index is 0.182. The highest BCUT2D eigenvalue weighted by Gasteiger charge is 2.31. The first-order chi connectivity index (χ1) is 13.0. The van der Waals surface area contributed by atoms with Gasteiger partial charge in [-0.3, -0.25) is 19.7 Å². The topological polar surface area (TPSA) is 96.0 Å². The molecule has 4 rings (SSSR count). The van der Waals surface area contributed by atoms with Crippen LogP contribution in [0.2, 0.25) is 5.02 Å². The van der Waals surface area contributed by atoms with E-state index in [0.29, 0.717) is 10.6 Å². The van der Waals surface area contributed by atoms with Crippen LogP contribution >= 0.6 is 11.6 Å². The lowest BCUT2D eigenvalue weighted by Gasteiger charge is -2.28. The summed E-state index contributed by atoms with van der Waals surface area (Å²) in [4.78, 5) is 39.6. The van der Waals surface area contributed by atoms with E-state index in [9.17, 15) is 14.4 Å². The molecule has 3 N–H and O–H groups in total. The standard InChI is InChI=1S/C19H15ClN4O3/c20-13-8-4-7-12(9-13)15-14-16(22-18(26)21-15)24(19(27)23-17(14)25)10-11-5-2-1-3-6-11/h1-9,15H,10H2,(H2,21,22,26)(H,23,25,27). The molecule has 0 aliphatic carbocycles. The minimum Gasteiger partial charge on any atom is -0.327 e. The number of aromatic amines is 1. The average Bonchev–Trinajstić information content (AvgIpc) is 2.65. The summed E-state index contributed by atoms with van der Waals surface area (Å²) in [5.74, 6) is 0.182. The van der Waals surface area contributed by atoms with Crippen molar-refractivity contribution < 1.29 is 4.79 Å². The van der Waals surface area contributed by atoms with Gasteiger partial charge in [0.25, 0.3) is 5.56 Å². The number of nitrogens with one attached hydrogen (secondary N) is 3. The fourth-order valence-electron chi connectivity index (χ4n) is 3.19. The molecule has 0 bridgehead atoms. The summed E-state index contributed by atoms with van der Waals surface area (Å²) in [5.41, 5.74) is 0.619. The maximum Gasteiger partial charge on any atom is 0.330 e. The summed E-state index contributed by atoms with van der Waals surface area (Å²) in [6, 6.07) is 15.0. The number of anilines is 1. The van der Waals surface area contributed by atoms with Gasteiger partial charge in [0, 0.05) is 5.02 Å². The van der Waals surface area contributed by atoms with Crippen LogP contribution in [0.15, 0.2) is 64.2 Å². The fraction of sp³-hybridized carbons (Fsp3) is 0.105. The Morgan fingerprint density at radius 1 is 1.00 bits per heavy atom. The molecule has 1 aliphatic heterocycles. The minimum atomic E-state index is -0.723. The Morgan fingerprint density at radius 3 is 2.52 bits per heavy atom. The van der Waals surface area contributed by atoms with Crippen LogP contribution in [0.5, 0.6) is 0 Å². The first-order valence-corrected chi connectivity index (χ1v) is 8.64. The normalized spacial score (nSPS) is 15.6. The van der Waals surface area contributed by atoms with Crippen molar-refractivity contribution in [2.45, 2.75) is 12.6 Å². The highest BCUT2D eigenvalue weighted by Crippen LogP contribution is 2.29. The molecule has 0 saturated carbocycles. The van der Waals surface area contributed by atoms with Crippen molar-refractivity contribution in [1.29, 1.82) is 0 Å². The Bertz CT molecular complexity index is 1140. The molecule has 2 heterocycles. The Morgan fingerprint density at radius 2 is 1.78 bits per heavy atom. The van der Waals surface area contributed by atoms with Gasteiger partial charge in [-0.05, 0) is 23.3 Å². The second-order valence-electron chi connectivity index (χ2n) is 6.18. The molecule has 1 aliphatic rings. The third kappa shape index (κ3) is 3.24. The Balaban J connectivity index is 1.90. The fourth-order valence-corrected chi connectivity index (χ4v) is 3.39. The lowest BCUT2D eigenvalue weighted by atomic mass is 9.98. The molecule has 2 aromatic carbocycles. The number of hydrogen-bond donors (Lipinski definition) is 3. The molecule has 0 fully saturated rings. The van der Waals surface area contributed by atoms with E-state index in [0.717, 1.165) is 5.56 Å². The van der Waals surface area contributed by atoms with Gasteiger partial charge in [-0.15, -0.1) is 0 Å². The quantitative estimate of drug-likeness (QED) is 0.649. The van der Waals surface area contributed by atoms with E-state index in [2.05, 4.69) is 15.6 Å². The van der Waals surface area contributed by atoms with Gasteiger partial charge in [0.1, 0.15) is 5.82 Å². The highest BCUT2D eigenvalue weighted by atomic mass is 35.5. The highest BCUT2D eigenvalue weighted by molar-refractivity contribution is 6.30. The number of aromatic nitrogens is 2. The van der Waals surface area contributed by atoms with Gasteiger partial charge in [-0.2, -0.15) is 0 Å². The molecule has 1 unspecified atom stereocenters. The molecular formula is C19H15ClN4O3. The van der Waals surface area contributed by atoms with E-state index < -0.39 is 23.3 Å². The third-order valence-electron chi connectivity index (χ3n) is 4.40. The first kappa shape index (κ1) is 17.1. The Kier molecular flexibility index (Phi) is 4.29. The largest absolute Gasteiger partial charge is 0.330 e.